The van der Waals surface area contributed by atoms with Crippen molar-refractivity contribution in [2.45, 2.75) is 33.1 Å². The van der Waals surface area contributed by atoms with Crippen LogP contribution in [0.3, 0.4) is 0 Å². The highest BCUT2D eigenvalue weighted by molar-refractivity contribution is 7.09. The first-order valence-corrected chi connectivity index (χ1v) is 7.74. The van der Waals surface area contributed by atoms with Gasteiger partial charge in [-0.1, -0.05) is 13.8 Å². The van der Waals surface area contributed by atoms with E-state index >= 15 is 0 Å². The summed E-state index contributed by atoms with van der Waals surface area (Å²) in [6, 6.07) is 3.20. The van der Waals surface area contributed by atoms with Gasteiger partial charge in [0.2, 0.25) is 0 Å². The van der Waals surface area contributed by atoms with E-state index in [1.54, 1.807) is 23.5 Å². The number of aromatic nitrogens is 2. The molecule has 0 saturated carbocycles. The standard InChI is InChI=1S/C15H19N3O2S/c1-9(2)12-6-11(15(19)20)7-13(18-12)16-5-4-14-17-10(3)8-21-14/h6-9H,4-5H2,1-3H3,(H,16,18)(H,19,20). The molecule has 2 aromatic heterocycles. The molecule has 2 aromatic rings. The van der Waals surface area contributed by atoms with Crippen LogP contribution in [0.2, 0.25) is 0 Å². The van der Waals surface area contributed by atoms with Gasteiger partial charge in [-0.2, -0.15) is 0 Å². The molecule has 2 rings (SSSR count). The van der Waals surface area contributed by atoms with E-state index in [-0.39, 0.29) is 11.5 Å². The van der Waals surface area contributed by atoms with Crippen LogP contribution < -0.4 is 5.32 Å². The average molecular weight is 305 g/mol. The number of carboxylic acid groups (broad SMARTS) is 1. The molecule has 0 unspecified atom stereocenters. The van der Waals surface area contributed by atoms with E-state index in [0.717, 1.165) is 22.8 Å². The van der Waals surface area contributed by atoms with E-state index in [4.69, 9.17) is 5.11 Å². The highest BCUT2D eigenvalue weighted by Gasteiger charge is 2.10. The molecule has 0 atom stereocenters. The van der Waals surface area contributed by atoms with Gasteiger partial charge in [-0.05, 0) is 25.0 Å². The third kappa shape index (κ3) is 4.26. The second-order valence-electron chi connectivity index (χ2n) is 5.19. The number of carbonyl (C=O) groups is 1. The number of aryl methyl sites for hydroxylation is 1. The van der Waals surface area contributed by atoms with Crippen LogP contribution in [0.1, 0.15) is 46.5 Å². The quantitative estimate of drug-likeness (QED) is 0.856. The predicted molar refractivity (Wildman–Crippen MR) is 84.3 cm³/mol. The predicted octanol–water partition coefficient (Wildman–Crippen LogP) is 3.32. The molecule has 0 aliphatic rings. The van der Waals surface area contributed by atoms with Crippen LogP contribution in [0.4, 0.5) is 5.82 Å². The number of nitrogens with zero attached hydrogens (tertiary/aromatic N) is 2. The molecule has 2 heterocycles. The number of thiazole rings is 1. The number of aromatic carboxylic acids is 1. The topological polar surface area (TPSA) is 75.1 Å². The van der Waals surface area contributed by atoms with Gasteiger partial charge >= 0.3 is 5.97 Å². The molecule has 0 aliphatic carbocycles. The largest absolute Gasteiger partial charge is 0.478 e. The lowest BCUT2D eigenvalue weighted by atomic mass is 10.1. The molecule has 0 radical (unpaired) electrons. The smallest absolute Gasteiger partial charge is 0.335 e. The molecule has 0 amide bonds. The number of pyridine rings is 1. The third-order valence-electron chi connectivity index (χ3n) is 3.00. The van der Waals surface area contributed by atoms with Crippen molar-refractivity contribution in [3.05, 3.63) is 39.5 Å². The summed E-state index contributed by atoms with van der Waals surface area (Å²) < 4.78 is 0. The van der Waals surface area contributed by atoms with Gasteiger partial charge < -0.3 is 10.4 Å². The number of rotatable bonds is 6. The molecule has 21 heavy (non-hydrogen) atoms. The van der Waals surface area contributed by atoms with Gasteiger partial charge in [0.25, 0.3) is 0 Å². The van der Waals surface area contributed by atoms with Gasteiger partial charge in [0.05, 0.1) is 10.6 Å². The minimum Gasteiger partial charge on any atom is -0.478 e. The normalized spacial score (nSPS) is 10.9. The lowest BCUT2D eigenvalue weighted by Crippen LogP contribution is -2.10. The van der Waals surface area contributed by atoms with Crippen molar-refractivity contribution in [2.24, 2.45) is 0 Å². The average Bonchev–Trinajstić information content (AvgIpc) is 2.84. The van der Waals surface area contributed by atoms with E-state index in [2.05, 4.69) is 15.3 Å². The fourth-order valence-electron chi connectivity index (χ4n) is 1.88. The second kappa shape index (κ2) is 6.67. The van der Waals surface area contributed by atoms with Crippen LogP contribution in [0.5, 0.6) is 0 Å². The summed E-state index contributed by atoms with van der Waals surface area (Å²) >= 11 is 1.64. The van der Waals surface area contributed by atoms with Crippen molar-refractivity contribution >= 4 is 23.1 Å². The fourth-order valence-corrected chi connectivity index (χ4v) is 2.65. The zero-order valence-electron chi connectivity index (χ0n) is 12.4. The Bertz CT molecular complexity index is 638. The lowest BCUT2D eigenvalue weighted by Gasteiger charge is -2.10. The van der Waals surface area contributed by atoms with Crippen LogP contribution in [0.25, 0.3) is 0 Å². The number of nitrogens with one attached hydrogen (secondary N) is 1. The summed E-state index contributed by atoms with van der Waals surface area (Å²) in [5, 5.41) is 15.4. The first-order chi connectivity index (χ1) is 9.95. The van der Waals surface area contributed by atoms with Gasteiger partial charge in [-0.25, -0.2) is 14.8 Å². The molecule has 0 aliphatic heterocycles. The number of anilines is 1. The van der Waals surface area contributed by atoms with Gasteiger partial charge in [0.15, 0.2) is 0 Å². The minimum absolute atomic E-state index is 0.187. The summed E-state index contributed by atoms with van der Waals surface area (Å²) in [6.45, 7) is 6.65. The first-order valence-electron chi connectivity index (χ1n) is 6.86. The maximum absolute atomic E-state index is 11.2. The Hall–Kier alpha value is -1.95. The fraction of sp³-hybridized carbons (Fsp3) is 0.400. The molecule has 5 nitrogen and oxygen atoms in total. The number of hydrogen-bond donors (Lipinski definition) is 2. The third-order valence-corrected chi connectivity index (χ3v) is 4.02. The molecule has 0 spiro atoms. The molecule has 2 N–H and O–H groups in total. The molecule has 6 heteroatoms. The molecule has 0 bridgehead atoms. The van der Waals surface area contributed by atoms with Crippen LogP contribution in [-0.4, -0.2) is 27.6 Å². The van der Waals surface area contributed by atoms with Crippen molar-refractivity contribution in [1.82, 2.24) is 9.97 Å². The first kappa shape index (κ1) is 15.4. The van der Waals surface area contributed by atoms with Crippen molar-refractivity contribution in [1.29, 1.82) is 0 Å². The zero-order chi connectivity index (χ0) is 15.4. The van der Waals surface area contributed by atoms with Crippen molar-refractivity contribution in [3.63, 3.8) is 0 Å². The Morgan fingerprint density at radius 2 is 2.14 bits per heavy atom. The molecular weight excluding hydrogens is 286 g/mol. The molecule has 0 aromatic carbocycles. The Labute approximate surface area is 128 Å². The van der Waals surface area contributed by atoms with E-state index < -0.39 is 5.97 Å². The molecule has 112 valence electrons. The minimum atomic E-state index is -0.933. The van der Waals surface area contributed by atoms with E-state index in [0.29, 0.717) is 12.4 Å². The summed E-state index contributed by atoms with van der Waals surface area (Å²) in [6.07, 6.45) is 0.800. The highest BCUT2D eigenvalue weighted by Crippen LogP contribution is 2.18. The van der Waals surface area contributed by atoms with Gasteiger partial charge in [0, 0.05) is 29.7 Å². The van der Waals surface area contributed by atoms with E-state index in [1.165, 1.54) is 0 Å². The Balaban J connectivity index is 2.06. The van der Waals surface area contributed by atoms with Crippen LogP contribution in [-0.2, 0) is 6.42 Å². The number of hydrogen-bond acceptors (Lipinski definition) is 5. The lowest BCUT2D eigenvalue weighted by molar-refractivity contribution is 0.0696. The zero-order valence-corrected chi connectivity index (χ0v) is 13.2. The van der Waals surface area contributed by atoms with Gasteiger partial charge in [-0.3, -0.25) is 0 Å². The van der Waals surface area contributed by atoms with Crippen molar-refractivity contribution in [2.75, 3.05) is 11.9 Å². The SMILES string of the molecule is Cc1csc(CCNc2cc(C(=O)O)cc(C(C)C)n2)n1. The summed E-state index contributed by atoms with van der Waals surface area (Å²) in [7, 11) is 0. The summed E-state index contributed by atoms with van der Waals surface area (Å²) in [5.41, 5.74) is 2.08. The Morgan fingerprint density at radius 3 is 2.71 bits per heavy atom. The molecular formula is C15H19N3O2S. The summed E-state index contributed by atoms with van der Waals surface area (Å²) in [4.78, 5) is 20.0. The summed E-state index contributed by atoms with van der Waals surface area (Å²) in [5.74, 6) is -0.142. The van der Waals surface area contributed by atoms with E-state index in [1.807, 2.05) is 26.2 Å². The van der Waals surface area contributed by atoms with Crippen LogP contribution >= 0.6 is 11.3 Å². The van der Waals surface area contributed by atoms with Gasteiger partial charge in [-0.15, -0.1) is 11.3 Å². The number of carboxylic acids is 1. The molecule has 0 saturated heterocycles. The van der Waals surface area contributed by atoms with Crippen molar-refractivity contribution < 1.29 is 9.90 Å². The molecule has 0 fully saturated rings. The monoisotopic (exact) mass is 305 g/mol. The van der Waals surface area contributed by atoms with Crippen LogP contribution in [0, 0.1) is 6.92 Å². The maximum Gasteiger partial charge on any atom is 0.335 e. The van der Waals surface area contributed by atoms with Crippen LogP contribution in [0.15, 0.2) is 17.5 Å². The van der Waals surface area contributed by atoms with E-state index in [9.17, 15) is 4.79 Å². The Kier molecular flexibility index (Phi) is 4.90. The highest BCUT2D eigenvalue weighted by atomic mass is 32.1. The Morgan fingerprint density at radius 1 is 1.38 bits per heavy atom. The maximum atomic E-state index is 11.2. The van der Waals surface area contributed by atoms with Crippen molar-refractivity contribution in [3.8, 4) is 0 Å². The second-order valence-corrected chi connectivity index (χ2v) is 6.13. The van der Waals surface area contributed by atoms with Gasteiger partial charge in [0.1, 0.15) is 5.82 Å².